The molecule has 2 aromatic carbocycles. The highest BCUT2D eigenvalue weighted by molar-refractivity contribution is 6.30. The molecule has 1 nitrogen and oxygen atoms in total. The van der Waals surface area contributed by atoms with Crippen LogP contribution in [-0.2, 0) is 17.6 Å². The highest BCUT2D eigenvalue weighted by Gasteiger charge is 2.09. The lowest BCUT2D eigenvalue weighted by molar-refractivity contribution is -0.117. The van der Waals surface area contributed by atoms with Crippen LogP contribution in [-0.4, -0.2) is 5.78 Å². The Morgan fingerprint density at radius 1 is 1.06 bits per heavy atom. The Morgan fingerprint density at radius 2 is 1.78 bits per heavy atom. The van der Waals surface area contributed by atoms with Crippen LogP contribution in [0.4, 0.5) is 4.39 Å². The average Bonchev–Trinajstić information content (AvgIpc) is 2.34. The summed E-state index contributed by atoms with van der Waals surface area (Å²) in [5.74, 6) is -0.439. The van der Waals surface area contributed by atoms with Crippen molar-refractivity contribution in [3.63, 3.8) is 0 Å². The van der Waals surface area contributed by atoms with Crippen molar-refractivity contribution in [2.45, 2.75) is 12.8 Å². The van der Waals surface area contributed by atoms with Gasteiger partial charge in [0.05, 0.1) is 0 Å². The fourth-order valence-electron chi connectivity index (χ4n) is 1.76. The molecule has 92 valence electrons. The van der Waals surface area contributed by atoms with E-state index in [0.29, 0.717) is 17.0 Å². The molecule has 0 N–H and O–H groups in total. The van der Waals surface area contributed by atoms with Gasteiger partial charge in [-0.2, -0.15) is 0 Å². The molecule has 0 aliphatic carbocycles. The van der Waals surface area contributed by atoms with E-state index in [4.69, 9.17) is 11.6 Å². The van der Waals surface area contributed by atoms with Gasteiger partial charge in [-0.25, -0.2) is 4.39 Å². The van der Waals surface area contributed by atoms with Crippen LogP contribution in [0.3, 0.4) is 0 Å². The van der Waals surface area contributed by atoms with Gasteiger partial charge < -0.3 is 0 Å². The largest absolute Gasteiger partial charge is 0.299 e. The molecule has 0 radical (unpaired) electrons. The molecule has 0 fully saturated rings. The van der Waals surface area contributed by atoms with Gasteiger partial charge in [-0.1, -0.05) is 48.0 Å². The maximum absolute atomic E-state index is 13.5. The van der Waals surface area contributed by atoms with Crippen LogP contribution in [0.1, 0.15) is 11.1 Å². The fourth-order valence-corrected chi connectivity index (χ4v) is 1.92. The molecular weight excluding hydrogens is 251 g/mol. The van der Waals surface area contributed by atoms with Crippen LogP contribution in [0.2, 0.25) is 5.02 Å². The van der Waals surface area contributed by atoms with Gasteiger partial charge in [-0.05, 0) is 23.3 Å². The summed E-state index contributed by atoms with van der Waals surface area (Å²) in [7, 11) is 0. The first-order chi connectivity index (χ1) is 8.65. The summed E-state index contributed by atoms with van der Waals surface area (Å²) in [6.45, 7) is 0. The van der Waals surface area contributed by atoms with E-state index in [0.717, 1.165) is 5.56 Å². The van der Waals surface area contributed by atoms with Crippen LogP contribution in [0, 0.1) is 5.82 Å². The van der Waals surface area contributed by atoms with Crippen molar-refractivity contribution in [1.29, 1.82) is 0 Å². The third-order valence-corrected chi connectivity index (χ3v) is 2.88. The normalized spacial score (nSPS) is 10.3. The summed E-state index contributed by atoms with van der Waals surface area (Å²) in [4.78, 5) is 11.8. The van der Waals surface area contributed by atoms with Crippen LogP contribution in [0.5, 0.6) is 0 Å². The summed E-state index contributed by atoms with van der Waals surface area (Å²) < 4.78 is 13.5. The molecule has 0 bridgehead atoms. The molecule has 0 heterocycles. The van der Waals surface area contributed by atoms with Crippen molar-refractivity contribution in [2.24, 2.45) is 0 Å². The molecule has 0 aromatic heterocycles. The van der Waals surface area contributed by atoms with Gasteiger partial charge in [0, 0.05) is 17.9 Å². The maximum Gasteiger partial charge on any atom is 0.141 e. The zero-order valence-electron chi connectivity index (χ0n) is 9.70. The van der Waals surface area contributed by atoms with Gasteiger partial charge in [0.2, 0.25) is 0 Å². The van der Waals surface area contributed by atoms with Crippen molar-refractivity contribution in [1.82, 2.24) is 0 Å². The Labute approximate surface area is 110 Å². The molecule has 18 heavy (non-hydrogen) atoms. The standard InChI is InChI=1S/C15H12ClFO/c16-13-7-6-12(15(17)10-13)9-14(18)8-11-4-2-1-3-5-11/h1-7,10H,8-9H2. The van der Waals surface area contributed by atoms with Crippen LogP contribution >= 0.6 is 11.6 Å². The lowest BCUT2D eigenvalue weighted by atomic mass is 10.0. The minimum Gasteiger partial charge on any atom is -0.299 e. The quantitative estimate of drug-likeness (QED) is 0.818. The second kappa shape index (κ2) is 5.78. The topological polar surface area (TPSA) is 17.1 Å². The molecule has 0 aliphatic rings. The van der Waals surface area contributed by atoms with Gasteiger partial charge in [0.1, 0.15) is 11.6 Å². The molecule has 2 aromatic rings. The Morgan fingerprint density at radius 3 is 2.44 bits per heavy atom. The van der Waals surface area contributed by atoms with E-state index in [2.05, 4.69) is 0 Å². The molecule has 0 saturated heterocycles. The van der Waals surface area contributed by atoms with Crippen molar-refractivity contribution in [2.75, 3.05) is 0 Å². The summed E-state index contributed by atoms with van der Waals surface area (Å²) in [6, 6.07) is 13.8. The van der Waals surface area contributed by atoms with Crippen molar-refractivity contribution < 1.29 is 9.18 Å². The molecule has 2 rings (SSSR count). The number of hydrogen-bond acceptors (Lipinski definition) is 1. The first-order valence-corrected chi connectivity index (χ1v) is 6.02. The maximum atomic E-state index is 13.5. The zero-order chi connectivity index (χ0) is 13.0. The molecular formula is C15H12ClFO. The Hall–Kier alpha value is -1.67. The highest BCUT2D eigenvalue weighted by atomic mass is 35.5. The van der Waals surface area contributed by atoms with Gasteiger partial charge in [0.25, 0.3) is 0 Å². The number of rotatable bonds is 4. The van der Waals surface area contributed by atoms with E-state index in [1.54, 1.807) is 12.1 Å². The molecule has 0 unspecified atom stereocenters. The smallest absolute Gasteiger partial charge is 0.141 e. The van der Waals surface area contributed by atoms with Gasteiger partial charge in [-0.15, -0.1) is 0 Å². The minimum absolute atomic E-state index is 0.0116. The van der Waals surface area contributed by atoms with E-state index in [1.807, 2.05) is 30.3 Å². The Bertz CT molecular complexity index is 552. The van der Waals surface area contributed by atoms with Crippen molar-refractivity contribution in [3.05, 3.63) is 70.5 Å². The number of ketones is 1. The fraction of sp³-hybridized carbons (Fsp3) is 0.133. The second-order valence-corrected chi connectivity index (χ2v) is 4.55. The molecule has 0 saturated carbocycles. The van der Waals surface area contributed by atoms with Gasteiger partial charge >= 0.3 is 0 Å². The van der Waals surface area contributed by atoms with Crippen molar-refractivity contribution in [3.8, 4) is 0 Å². The van der Waals surface area contributed by atoms with Gasteiger partial charge in [0.15, 0.2) is 0 Å². The van der Waals surface area contributed by atoms with E-state index in [1.165, 1.54) is 6.07 Å². The number of halogens is 2. The van der Waals surface area contributed by atoms with Crippen LogP contribution in [0.15, 0.2) is 48.5 Å². The number of hydrogen-bond donors (Lipinski definition) is 0. The van der Waals surface area contributed by atoms with Crippen molar-refractivity contribution >= 4 is 17.4 Å². The predicted octanol–water partition coefficient (Wildman–Crippen LogP) is 3.83. The summed E-state index contributed by atoms with van der Waals surface area (Å²) >= 11 is 5.66. The third kappa shape index (κ3) is 3.41. The number of benzene rings is 2. The minimum atomic E-state index is -0.427. The predicted molar refractivity (Wildman–Crippen MR) is 70.3 cm³/mol. The lowest BCUT2D eigenvalue weighted by Crippen LogP contribution is -2.07. The molecule has 0 amide bonds. The van der Waals surface area contributed by atoms with E-state index >= 15 is 0 Å². The Kier molecular flexibility index (Phi) is 4.11. The summed E-state index contributed by atoms with van der Waals surface area (Å²) in [6.07, 6.45) is 0.417. The Balaban J connectivity index is 2.03. The van der Waals surface area contributed by atoms with E-state index in [-0.39, 0.29) is 12.2 Å². The van der Waals surface area contributed by atoms with E-state index < -0.39 is 5.82 Å². The summed E-state index contributed by atoms with van der Waals surface area (Å²) in [5, 5.41) is 0.340. The first-order valence-electron chi connectivity index (χ1n) is 5.65. The van der Waals surface area contributed by atoms with Crippen LogP contribution in [0.25, 0.3) is 0 Å². The summed E-state index contributed by atoms with van der Waals surface area (Å²) in [5.41, 5.74) is 1.33. The molecule has 0 atom stereocenters. The molecule has 0 spiro atoms. The molecule has 0 aliphatic heterocycles. The number of Topliss-reactive ketones (excluding diaryl/α,β-unsaturated/α-hetero) is 1. The zero-order valence-corrected chi connectivity index (χ0v) is 10.5. The lowest BCUT2D eigenvalue weighted by Gasteiger charge is -2.03. The number of carbonyl (C=O) groups excluding carboxylic acids is 1. The second-order valence-electron chi connectivity index (χ2n) is 4.11. The molecule has 3 heteroatoms. The number of carbonyl (C=O) groups is 1. The highest BCUT2D eigenvalue weighted by Crippen LogP contribution is 2.15. The average molecular weight is 263 g/mol. The monoisotopic (exact) mass is 262 g/mol. The first kappa shape index (κ1) is 12.8. The SMILES string of the molecule is O=C(Cc1ccccc1)Cc1ccc(Cl)cc1F. The van der Waals surface area contributed by atoms with Gasteiger partial charge in [-0.3, -0.25) is 4.79 Å². The van der Waals surface area contributed by atoms with E-state index in [9.17, 15) is 9.18 Å². The van der Waals surface area contributed by atoms with Crippen LogP contribution < -0.4 is 0 Å². The third-order valence-electron chi connectivity index (χ3n) is 2.65.